The third-order valence-corrected chi connectivity index (χ3v) is 3.30. The van der Waals surface area contributed by atoms with Crippen molar-refractivity contribution in [2.75, 3.05) is 6.54 Å². The van der Waals surface area contributed by atoms with Crippen LogP contribution < -0.4 is 5.73 Å². The summed E-state index contributed by atoms with van der Waals surface area (Å²) in [4.78, 5) is 24.4. The fraction of sp³-hybridized carbons (Fsp3) is 0.467. The molecule has 0 radical (unpaired) electrons. The number of rotatable bonds is 7. The van der Waals surface area contributed by atoms with Crippen molar-refractivity contribution in [1.82, 2.24) is 4.90 Å². The van der Waals surface area contributed by atoms with Crippen LogP contribution in [0, 0.1) is 6.92 Å². The van der Waals surface area contributed by atoms with Crippen LogP contribution >= 0.6 is 0 Å². The third kappa shape index (κ3) is 4.66. The van der Waals surface area contributed by atoms with Gasteiger partial charge in [0.25, 0.3) is 0 Å². The molecular formula is C15H22N2O3. The first-order valence-corrected chi connectivity index (χ1v) is 6.76. The van der Waals surface area contributed by atoms with E-state index in [9.17, 15) is 9.59 Å². The van der Waals surface area contributed by atoms with E-state index in [1.807, 2.05) is 38.1 Å². The SMILES string of the molecule is CCN(Cc1ccccc1C)C(=O)C(N)CCC(=O)O. The van der Waals surface area contributed by atoms with Crippen LogP contribution in [-0.2, 0) is 16.1 Å². The Balaban J connectivity index is 2.68. The highest BCUT2D eigenvalue weighted by atomic mass is 16.4. The Labute approximate surface area is 119 Å². The van der Waals surface area contributed by atoms with Gasteiger partial charge in [-0.2, -0.15) is 0 Å². The van der Waals surface area contributed by atoms with Gasteiger partial charge in [-0.05, 0) is 31.4 Å². The minimum atomic E-state index is -0.935. The predicted molar refractivity (Wildman–Crippen MR) is 77.1 cm³/mol. The number of aliphatic carboxylic acids is 1. The topological polar surface area (TPSA) is 83.6 Å². The quantitative estimate of drug-likeness (QED) is 0.792. The van der Waals surface area contributed by atoms with Crippen molar-refractivity contribution < 1.29 is 14.7 Å². The fourth-order valence-corrected chi connectivity index (χ4v) is 1.98. The van der Waals surface area contributed by atoms with E-state index >= 15 is 0 Å². The molecular weight excluding hydrogens is 256 g/mol. The number of benzene rings is 1. The van der Waals surface area contributed by atoms with Gasteiger partial charge in [0.05, 0.1) is 6.04 Å². The molecule has 0 aliphatic heterocycles. The van der Waals surface area contributed by atoms with Gasteiger partial charge in [-0.3, -0.25) is 9.59 Å². The van der Waals surface area contributed by atoms with E-state index in [0.717, 1.165) is 11.1 Å². The first kappa shape index (κ1) is 16.2. The molecule has 0 aromatic heterocycles. The second kappa shape index (κ2) is 7.65. The maximum atomic E-state index is 12.2. The molecule has 110 valence electrons. The largest absolute Gasteiger partial charge is 0.481 e. The van der Waals surface area contributed by atoms with E-state index in [1.165, 1.54) is 0 Å². The highest BCUT2D eigenvalue weighted by Crippen LogP contribution is 2.12. The normalized spacial score (nSPS) is 11.9. The van der Waals surface area contributed by atoms with E-state index in [4.69, 9.17) is 10.8 Å². The second-order valence-corrected chi connectivity index (χ2v) is 4.82. The molecule has 1 atom stereocenters. The molecule has 3 N–H and O–H groups in total. The van der Waals surface area contributed by atoms with Crippen LogP contribution in [0.3, 0.4) is 0 Å². The van der Waals surface area contributed by atoms with Crippen molar-refractivity contribution in [3.05, 3.63) is 35.4 Å². The molecule has 0 fully saturated rings. The lowest BCUT2D eigenvalue weighted by Crippen LogP contribution is -2.43. The maximum absolute atomic E-state index is 12.2. The molecule has 1 amide bonds. The van der Waals surface area contributed by atoms with Crippen molar-refractivity contribution in [3.63, 3.8) is 0 Å². The van der Waals surface area contributed by atoms with Crippen LogP contribution in [0.25, 0.3) is 0 Å². The Kier molecular flexibility index (Phi) is 6.18. The summed E-state index contributed by atoms with van der Waals surface area (Å²) >= 11 is 0. The standard InChI is InChI=1S/C15H22N2O3/c1-3-17(10-12-7-5-4-6-11(12)2)15(20)13(16)8-9-14(18)19/h4-7,13H,3,8-10,16H2,1-2H3,(H,18,19). The summed E-state index contributed by atoms with van der Waals surface area (Å²) in [6.07, 6.45) is 0.0767. The second-order valence-electron chi connectivity index (χ2n) is 4.82. The van der Waals surface area contributed by atoms with Crippen LogP contribution in [0.5, 0.6) is 0 Å². The highest BCUT2D eigenvalue weighted by molar-refractivity contribution is 5.82. The number of carbonyl (C=O) groups excluding carboxylic acids is 1. The predicted octanol–water partition coefficient (Wildman–Crippen LogP) is 1.54. The minimum Gasteiger partial charge on any atom is -0.481 e. The Hall–Kier alpha value is -1.88. The number of hydrogen-bond donors (Lipinski definition) is 2. The zero-order chi connectivity index (χ0) is 15.1. The van der Waals surface area contributed by atoms with Gasteiger partial charge in [-0.1, -0.05) is 24.3 Å². The average Bonchev–Trinajstić information content (AvgIpc) is 2.43. The Morgan fingerprint density at radius 2 is 2.00 bits per heavy atom. The number of likely N-dealkylation sites (N-methyl/N-ethyl adjacent to an activating group) is 1. The maximum Gasteiger partial charge on any atom is 0.303 e. The highest BCUT2D eigenvalue weighted by Gasteiger charge is 2.21. The smallest absolute Gasteiger partial charge is 0.303 e. The summed E-state index contributed by atoms with van der Waals surface area (Å²) < 4.78 is 0. The molecule has 0 heterocycles. The van der Waals surface area contributed by atoms with Gasteiger partial charge in [-0.15, -0.1) is 0 Å². The number of carbonyl (C=O) groups is 2. The molecule has 1 aromatic carbocycles. The fourth-order valence-electron chi connectivity index (χ4n) is 1.98. The number of nitrogens with zero attached hydrogens (tertiary/aromatic N) is 1. The molecule has 5 nitrogen and oxygen atoms in total. The molecule has 0 saturated carbocycles. The Morgan fingerprint density at radius 1 is 1.35 bits per heavy atom. The molecule has 1 unspecified atom stereocenters. The number of nitrogens with two attached hydrogens (primary N) is 1. The zero-order valence-electron chi connectivity index (χ0n) is 12.0. The summed E-state index contributed by atoms with van der Waals surface area (Å²) in [5, 5.41) is 8.63. The van der Waals surface area contributed by atoms with E-state index in [-0.39, 0.29) is 18.7 Å². The zero-order valence-corrected chi connectivity index (χ0v) is 12.0. The van der Waals surface area contributed by atoms with Gasteiger partial charge in [0, 0.05) is 19.5 Å². The first-order valence-electron chi connectivity index (χ1n) is 6.76. The first-order chi connectivity index (χ1) is 9.45. The van der Waals surface area contributed by atoms with Crippen molar-refractivity contribution in [2.24, 2.45) is 5.73 Å². The molecule has 0 spiro atoms. The Bertz CT molecular complexity index is 474. The van der Waals surface area contributed by atoms with Crippen LogP contribution in [-0.4, -0.2) is 34.5 Å². The molecule has 0 aliphatic carbocycles. The minimum absolute atomic E-state index is 0.0885. The summed E-state index contributed by atoms with van der Waals surface area (Å²) in [5.74, 6) is -1.13. The number of hydrogen-bond acceptors (Lipinski definition) is 3. The van der Waals surface area contributed by atoms with Gasteiger partial charge >= 0.3 is 5.97 Å². The lowest BCUT2D eigenvalue weighted by atomic mass is 10.1. The van der Waals surface area contributed by atoms with Crippen molar-refractivity contribution in [3.8, 4) is 0 Å². The van der Waals surface area contributed by atoms with Crippen LogP contribution in [0.15, 0.2) is 24.3 Å². The molecule has 0 saturated heterocycles. The molecule has 1 rings (SSSR count). The molecule has 0 bridgehead atoms. The molecule has 20 heavy (non-hydrogen) atoms. The number of carboxylic acids is 1. The van der Waals surface area contributed by atoms with Gasteiger partial charge in [0.15, 0.2) is 0 Å². The van der Waals surface area contributed by atoms with Crippen LogP contribution in [0.1, 0.15) is 30.9 Å². The van der Waals surface area contributed by atoms with E-state index in [2.05, 4.69) is 0 Å². The van der Waals surface area contributed by atoms with E-state index in [0.29, 0.717) is 13.1 Å². The number of amides is 1. The van der Waals surface area contributed by atoms with Crippen molar-refractivity contribution >= 4 is 11.9 Å². The summed E-state index contributed by atoms with van der Waals surface area (Å²) in [5.41, 5.74) is 7.98. The summed E-state index contributed by atoms with van der Waals surface area (Å²) in [6, 6.07) is 7.11. The van der Waals surface area contributed by atoms with Crippen molar-refractivity contribution in [1.29, 1.82) is 0 Å². The molecule has 1 aromatic rings. The van der Waals surface area contributed by atoms with Crippen LogP contribution in [0.2, 0.25) is 0 Å². The van der Waals surface area contributed by atoms with Crippen LogP contribution in [0.4, 0.5) is 0 Å². The van der Waals surface area contributed by atoms with Gasteiger partial charge in [-0.25, -0.2) is 0 Å². The number of aryl methyl sites for hydroxylation is 1. The summed E-state index contributed by atoms with van der Waals surface area (Å²) in [7, 11) is 0. The van der Waals surface area contributed by atoms with E-state index < -0.39 is 12.0 Å². The monoisotopic (exact) mass is 278 g/mol. The van der Waals surface area contributed by atoms with Crippen molar-refractivity contribution in [2.45, 2.75) is 39.3 Å². The Morgan fingerprint density at radius 3 is 2.55 bits per heavy atom. The van der Waals surface area contributed by atoms with E-state index in [1.54, 1.807) is 4.90 Å². The average molecular weight is 278 g/mol. The lowest BCUT2D eigenvalue weighted by molar-refractivity contribution is -0.137. The lowest BCUT2D eigenvalue weighted by Gasteiger charge is -2.25. The van der Waals surface area contributed by atoms with Gasteiger partial charge in [0.1, 0.15) is 0 Å². The van der Waals surface area contributed by atoms with Gasteiger partial charge < -0.3 is 15.7 Å². The third-order valence-electron chi connectivity index (χ3n) is 3.30. The molecule has 5 heteroatoms. The number of carboxylic acid groups (broad SMARTS) is 1. The molecule has 0 aliphatic rings. The van der Waals surface area contributed by atoms with Gasteiger partial charge in [0.2, 0.25) is 5.91 Å². The summed E-state index contributed by atoms with van der Waals surface area (Å²) in [6.45, 7) is 4.94.